The third kappa shape index (κ3) is 3.76. The van der Waals surface area contributed by atoms with Gasteiger partial charge in [0, 0.05) is 5.56 Å². The number of halogens is 4. The molecule has 0 bridgehead atoms. The average molecular weight is 344 g/mol. The second-order valence-electron chi connectivity index (χ2n) is 6.09. The summed E-state index contributed by atoms with van der Waals surface area (Å²) >= 11 is 0. The fraction of sp³-hybridized carbons (Fsp3) is 0.238. The quantitative estimate of drug-likeness (QED) is 0.368. The van der Waals surface area contributed by atoms with Crippen molar-refractivity contribution in [2.24, 2.45) is 0 Å². The molecule has 0 amide bonds. The average Bonchev–Trinajstić information content (AvgIpc) is 2.58. The molecule has 0 unspecified atom stereocenters. The Morgan fingerprint density at radius 2 is 1.60 bits per heavy atom. The molecular formula is C21H16F4. The van der Waals surface area contributed by atoms with Gasteiger partial charge in [-0.1, -0.05) is 36.8 Å². The molecule has 3 rings (SSSR count). The SMILES string of the molecule is CCCC1=Cc2cc(F)c(C#Cc3cc(F)c(F)c(F)c3)cc2CC1. The van der Waals surface area contributed by atoms with Gasteiger partial charge in [-0.05, 0) is 54.7 Å². The van der Waals surface area contributed by atoms with Crippen LogP contribution in [-0.4, -0.2) is 0 Å². The monoisotopic (exact) mass is 344 g/mol. The maximum atomic E-state index is 14.3. The number of benzene rings is 2. The van der Waals surface area contributed by atoms with E-state index >= 15 is 0 Å². The summed E-state index contributed by atoms with van der Waals surface area (Å²) in [6.45, 7) is 2.11. The summed E-state index contributed by atoms with van der Waals surface area (Å²) in [5, 5.41) is 0. The van der Waals surface area contributed by atoms with Crippen molar-refractivity contribution in [3.63, 3.8) is 0 Å². The molecule has 0 radical (unpaired) electrons. The maximum Gasteiger partial charge on any atom is 0.194 e. The summed E-state index contributed by atoms with van der Waals surface area (Å²) in [7, 11) is 0. The van der Waals surface area contributed by atoms with Gasteiger partial charge < -0.3 is 0 Å². The van der Waals surface area contributed by atoms with Crippen LogP contribution in [0, 0.1) is 35.1 Å². The highest BCUT2D eigenvalue weighted by atomic mass is 19.2. The minimum Gasteiger partial charge on any atom is -0.206 e. The molecule has 2 aromatic carbocycles. The van der Waals surface area contributed by atoms with E-state index in [1.807, 2.05) is 6.08 Å². The van der Waals surface area contributed by atoms with Gasteiger partial charge in [-0.25, -0.2) is 17.6 Å². The van der Waals surface area contributed by atoms with E-state index in [0.29, 0.717) is 0 Å². The fourth-order valence-electron chi connectivity index (χ4n) is 2.95. The van der Waals surface area contributed by atoms with Gasteiger partial charge in [0.15, 0.2) is 17.5 Å². The summed E-state index contributed by atoms with van der Waals surface area (Å²) in [5.41, 5.74) is 3.29. The van der Waals surface area contributed by atoms with Crippen LogP contribution in [0.5, 0.6) is 0 Å². The molecule has 0 N–H and O–H groups in total. The lowest BCUT2D eigenvalue weighted by atomic mass is 9.89. The first kappa shape index (κ1) is 17.3. The van der Waals surface area contributed by atoms with E-state index in [1.165, 1.54) is 11.6 Å². The van der Waals surface area contributed by atoms with E-state index in [9.17, 15) is 17.6 Å². The Balaban J connectivity index is 1.94. The van der Waals surface area contributed by atoms with Crippen LogP contribution >= 0.6 is 0 Å². The van der Waals surface area contributed by atoms with Crippen molar-refractivity contribution in [3.05, 3.63) is 75.4 Å². The van der Waals surface area contributed by atoms with Crippen molar-refractivity contribution in [1.82, 2.24) is 0 Å². The Kier molecular flexibility index (Phi) is 4.94. The lowest BCUT2D eigenvalue weighted by molar-refractivity contribution is 0.446. The van der Waals surface area contributed by atoms with Gasteiger partial charge in [0.25, 0.3) is 0 Å². The first-order chi connectivity index (χ1) is 12.0. The van der Waals surface area contributed by atoms with Crippen molar-refractivity contribution in [1.29, 1.82) is 0 Å². The predicted molar refractivity (Wildman–Crippen MR) is 89.9 cm³/mol. The molecule has 0 aliphatic heterocycles. The van der Waals surface area contributed by atoms with Crippen LogP contribution in [0.3, 0.4) is 0 Å². The molecule has 4 heteroatoms. The highest BCUT2D eigenvalue weighted by Crippen LogP contribution is 2.28. The Morgan fingerprint density at radius 3 is 2.28 bits per heavy atom. The highest BCUT2D eigenvalue weighted by Gasteiger charge is 2.13. The molecular weight excluding hydrogens is 328 g/mol. The zero-order valence-electron chi connectivity index (χ0n) is 13.7. The third-order valence-electron chi connectivity index (χ3n) is 4.20. The first-order valence-electron chi connectivity index (χ1n) is 8.16. The number of fused-ring (bicyclic) bond motifs is 1. The van der Waals surface area contributed by atoms with E-state index in [4.69, 9.17) is 0 Å². The van der Waals surface area contributed by atoms with Gasteiger partial charge in [-0.15, -0.1) is 0 Å². The fourth-order valence-corrected chi connectivity index (χ4v) is 2.95. The van der Waals surface area contributed by atoms with Crippen molar-refractivity contribution in [3.8, 4) is 11.8 Å². The van der Waals surface area contributed by atoms with Gasteiger partial charge in [-0.2, -0.15) is 0 Å². The van der Waals surface area contributed by atoms with Crippen molar-refractivity contribution < 1.29 is 17.6 Å². The van der Waals surface area contributed by atoms with Gasteiger partial charge >= 0.3 is 0 Å². The standard InChI is InChI=1S/C21H16F4/c1-2-3-13-4-6-15-11-16(18(22)12-17(15)8-13)7-5-14-9-19(23)21(25)20(24)10-14/h8-12H,2-4,6H2,1H3. The molecule has 0 saturated carbocycles. The van der Waals surface area contributed by atoms with E-state index in [-0.39, 0.29) is 11.1 Å². The summed E-state index contributed by atoms with van der Waals surface area (Å²) in [5.74, 6) is 0.426. The van der Waals surface area contributed by atoms with Crippen LogP contribution in [-0.2, 0) is 6.42 Å². The Morgan fingerprint density at radius 1 is 0.880 bits per heavy atom. The highest BCUT2D eigenvalue weighted by molar-refractivity contribution is 5.62. The second kappa shape index (κ2) is 7.14. The van der Waals surface area contributed by atoms with Gasteiger partial charge in [0.05, 0.1) is 5.56 Å². The molecule has 0 nitrogen and oxygen atoms in total. The summed E-state index contributed by atoms with van der Waals surface area (Å²) in [4.78, 5) is 0. The molecule has 2 aromatic rings. The van der Waals surface area contributed by atoms with E-state index < -0.39 is 23.3 Å². The van der Waals surface area contributed by atoms with Crippen LogP contribution in [0.15, 0.2) is 29.8 Å². The van der Waals surface area contributed by atoms with Gasteiger partial charge in [-0.3, -0.25) is 0 Å². The van der Waals surface area contributed by atoms with Gasteiger partial charge in [0.1, 0.15) is 5.82 Å². The Labute approximate surface area is 144 Å². The smallest absolute Gasteiger partial charge is 0.194 e. The molecule has 0 atom stereocenters. The largest absolute Gasteiger partial charge is 0.206 e. The zero-order chi connectivity index (χ0) is 18.0. The van der Waals surface area contributed by atoms with Crippen molar-refractivity contribution >= 4 is 6.08 Å². The number of hydrogen-bond donors (Lipinski definition) is 0. The minimum atomic E-state index is -1.54. The summed E-state index contributed by atoms with van der Waals surface area (Å²) in [6.07, 6.45) is 5.83. The van der Waals surface area contributed by atoms with Crippen molar-refractivity contribution in [2.45, 2.75) is 32.6 Å². The number of aryl methyl sites for hydroxylation is 1. The molecule has 1 aliphatic rings. The lowest BCUT2D eigenvalue weighted by Gasteiger charge is -2.16. The normalized spacial score (nSPS) is 12.9. The topological polar surface area (TPSA) is 0 Å². The number of rotatable bonds is 2. The van der Waals surface area contributed by atoms with Crippen LogP contribution in [0.4, 0.5) is 17.6 Å². The third-order valence-corrected chi connectivity index (χ3v) is 4.20. The maximum absolute atomic E-state index is 14.3. The summed E-state index contributed by atoms with van der Waals surface area (Å²) in [6, 6.07) is 4.70. The molecule has 0 fully saturated rings. The minimum absolute atomic E-state index is 0.0429. The molecule has 0 aromatic heterocycles. The van der Waals surface area contributed by atoms with Crippen LogP contribution in [0.25, 0.3) is 6.08 Å². The molecule has 128 valence electrons. The summed E-state index contributed by atoms with van der Waals surface area (Å²) < 4.78 is 53.6. The van der Waals surface area contributed by atoms with Crippen LogP contribution < -0.4 is 0 Å². The van der Waals surface area contributed by atoms with E-state index in [0.717, 1.165) is 48.9 Å². The van der Waals surface area contributed by atoms with Crippen LogP contribution in [0.1, 0.15) is 48.4 Å². The zero-order valence-corrected chi connectivity index (χ0v) is 13.7. The molecule has 25 heavy (non-hydrogen) atoms. The van der Waals surface area contributed by atoms with Gasteiger partial charge in [0.2, 0.25) is 0 Å². The molecule has 0 heterocycles. The molecule has 0 saturated heterocycles. The predicted octanol–water partition coefficient (Wildman–Crippen LogP) is 5.77. The first-order valence-corrected chi connectivity index (χ1v) is 8.16. The van der Waals surface area contributed by atoms with E-state index in [1.54, 1.807) is 6.07 Å². The van der Waals surface area contributed by atoms with Crippen molar-refractivity contribution in [2.75, 3.05) is 0 Å². The Bertz CT molecular complexity index is 890. The number of hydrogen-bond acceptors (Lipinski definition) is 0. The lowest BCUT2D eigenvalue weighted by Crippen LogP contribution is -2.01. The second-order valence-corrected chi connectivity index (χ2v) is 6.09. The molecule has 1 aliphatic carbocycles. The van der Waals surface area contributed by atoms with E-state index in [2.05, 4.69) is 18.8 Å². The van der Waals surface area contributed by atoms with Crippen LogP contribution in [0.2, 0.25) is 0 Å². The number of allylic oxidation sites excluding steroid dienone is 1. The Hall–Kier alpha value is -2.54. The molecule has 0 spiro atoms.